The Morgan fingerprint density at radius 3 is 2.00 bits per heavy atom. The van der Waals surface area contributed by atoms with Crippen LogP contribution in [0.5, 0.6) is 17.2 Å². The van der Waals surface area contributed by atoms with E-state index in [-0.39, 0.29) is 34.9 Å². The molecule has 2 aromatic rings. The van der Waals surface area contributed by atoms with Gasteiger partial charge in [-0.3, -0.25) is 0 Å². The van der Waals surface area contributed by atoms with E-state index in [0.29, 0.717) is 17.1 Å². The number of aliphatic hydroxyl groups is 2. The van der Waals surface area contributed by atoms with Gasteiger partial charge in [0.2, 0.25) is 0 Å². The van der Waals surface area contributed by atoms with Gasteiger partial charge in [-0.1, -0.05) is 23.2 Å². The van der Waals surface area contributed by atoms with Crippen molar-refractivity contribution in [2.45, 2.75) is 31.7 Å². The fraction of sp³-hybridized carbons (Fsp3) is 0.429. The molecule has 0 aliphatic carbocycles. The van der Waals surface area contributed by atoms with E-state index in [1.807, 2.05) is 13.8 Å². The lowest BCUT2D eigenvalue weighted by molar-refractivity contribution is 0.0839. The van der Waals surface area contributed by atoms with Gasteiger partial charge >= 0.3 is 0 Å². The highest BCUT2D eigenvalue weighted by Gasteiger charge is 2.26. The van der Waals surface area contributed by atoms with Crippen LogP contribution in [0.15, 0.2) is 36.4 Å². The molecule has 0 fully saturated rings. The van der Waals surface area contributed by atoms with Gasteiger partial charge in [-0.25, -0.2) is 4.39 Å². The Kier molecular flexibility index (Phi) is 9.31. The lowest BCUT2D eigenvalue weighted by Crippen LogP contribution is -2.25. The van der Waals surface area contributed by atoms with Gasteiger partial charge in [0.1, 0.15) is 49.2 Å². The van der Waals surface area contributed by atoms with Crippen molar-refractivity contribution in [1.29, 1.82) is 0 Å². The molecule has 2 atom stereocenters. The molecule has 0 saturated carbocycles. The van der Waals surface area contributed by atoms with Gasteiger partial charge in [0.25, 0.3) is 0 Å². The summed E-state index contributed by atoms with van der Waals surface area (Å²) >= 11 is 18.2. The van der Waals surface area contributed by atoms with Crippen LogP contribution < -0.4 is 14.2 Å². The Morgan fingerprint density at radius 2 is 1.47 bits per heavy atom. The molecule has 0 heterocycles. The number of aliphatic hydroxyl groups excluding tert-OH is 2. The van der Waals surface area contributed by atoms with Crippen LogP contribution in [0.1, 0.15) is 19.4 Å². The number of hydrogen-bond acceptors (Lipinski definition) is 5. The maximum Gasteiger partial charge on any atom is 0.156 e. The standard InChI is InChI=1S/C21H24Cl3FO5/c1-21(2,30-17-5-3-16(4-6-17)28-12-15(27)10-25)13-7-18(23)20(19(24)8-13)29-11-14(26)9-22/h3-8,14-15,26-27H,9-12H2,1-2H3/t14-,15-/m0/s1. The summed E-state index contributed by atoms with van der Waals surface area (Å²) in [5.74, 6) is 1.35. The predicted molar refractivity (Wildman–Crippen MR) is 116 cm³/mol. The summed E-state index contributed by atoms with van der Waals surface area (Å²) in [7, 11) is 0. The quantitative estimate of drug-likeness (QED) is 0.442. The molecule has 0 bridgehead atoms. The molecule has 0 saturated heterocycles. The first-order chi connectivity index (χ1) is 14.2. The van der Waals surface area contributed by atoms with Crippen LogP contribution in [-0.2, 0) is 5.60 Å². The average Bonchev–Trinajstić information content (AvgIpc) is 2.71. The van der Waals surface area contributed by atoms with Crippen LogP contribution in [0.3, 0.4) is 0 Å². The zero-order valence-corrected chi connectivity index (χ0v) is 18.8. The summed E-state index contributed by atoms with van der Waals surface area (Å²) in [5.41, 5.74) is -0.0667. The van der Waals surface area contributed by atoms with Crippen molar-refractivity contribution in [3.63, 3.8) is 0 Å². The third-order valence-electron chi connectivity index (χ3n) is 4.11. The van der Waals surface area contributed by atoms with Crippen molar-refractivity contribution in [2.24, 2.45) is 0 Å². The van der Waals surface area contributed by atoms with Crippen LogP contribution in [0, 0.1) is 0 Å². The van der Waals surface area contributed by atoms with Crippen molar-refractivity contribution in [1.82, 2.24) is 0 Å². The minimum absolute atomic E-state index is 0.0288. The molecule has 0 amide bonds. The number of ether oxygens (including phenoxy) is 3. The lowest BCUT2D eigenvalue weighted by Gasteiger charge is -2.28. The van der Waals surface area contributed by atoms with Gasteiger partial charge in [-0.2, -0.15) is 0 Å². The first-order valence-corrected chi connectivity index (χ1v) is 10.5. The molecule has 2 aromatic carbocycles. The van der Waals surface area contributed by atoms with Gasteiger partial charge in [0, 0.05) is 0 Å². The Labute approximate surface area is 190 Å². The van der Waals surface area contributed by atoms with E-state index < -0.39 is 24.5 Å². The average molecular weight is 482 g/mol. The van der Waals surface area contributed by atoms with Crippen LogP contribution in [0.2, 0.25) is 10.0 Å². The summed E-state index contributed by atoms with van der Waals surface area (Å²) in [4.78, 5) is 0. The van der Waals surface area contributed by atoms with Crippen molar-refractivity contribution < 1.29 is 28.8 Å². The van der Waals surface area contributed by atoms with E-state index in [9.17, 15) is 14.6 Å². The van der Waals surface area contributed by atoms with Gasteiger partial charge < -0.3 is 24.4 Å². The highest BCUT2D eigenvalue weighted by Crippen LogP contribution is 2.39. The predicted octanol–water partition coefficient (Wildman–Crippen LogP) is 5.00. The van der Waals surface area contributed by atoms with Crippen LogP contribution in [0.4, 0.5) is 4.39 Å². The highest BCUT2D eigenvalue weighted by molar-refractivity contribution is 6.37. The number of rotatable bonds is 11. The smallest absolute Gasteiger partial charge is 0.156 e. The summed E-state index contributed by atoms with van der Waals surface area (Å²) in [6.45, 7) is 2.69. The van der Waals surface area contributed by atoms with E-state index >= 15 is 0 Å². The molecule has 0 radical (unpaired) electrons. The van der Waals surface area contributed by atoms with Crippen molar-refractivity contribution in [3.05, 3.63) is 52.0 Å². The van der Waals surface area contributed by atoms with Gasteiger partial charge in [0.15, 0.2) is 5.75 Å². The summed E-state index contributed by atoms with van der Waals surface area (Å²) in [5, 5.41) is 19.3. The van der Waals surface area contributed by atoms with Crippen LogP contribution in [0.25, 0.3) is 0 Å². The van der Waals surface area contributed by atoms with E-state index in [2.05, 4.69) is 0 Å². The Balaban J connectivity index is 2.09. The van der Waals surface area contributed by atoms with Gasteiger partial charge in [0.05, 0.1) is 15.9 Å². The molecule has 0 aliphatic rings. The molecule has 0 spiro atoms. The lowest BCUT2D eigenvalue weighted by atomic mass is 9.97. The van der Waals surface area contributed by atoms with Crippen molar-refractivity contribution in [3.8, 4) is 17.2 Å². The number of hydrogen-bond donors (Lipinski definition) is 2. The molecule has 2 rings (SSSR count). The fourth-order valence-electron chi connectivity index (χ4n) is 2.46. The van der Waals surface area contributed by atoms with E-state index in [4.69, 9.17) is 49.0 Å². The molecule has 0 aromatic heterocycles. The first-order valence-electron chi connectivity index (χ1n) is 9.18. The zero-order valence-electron chi connectivity index (χ0n) is 16.6. The summed E-state index contributed by atoms with van der Waals surface area (Å²) in [6, 6.07) is 10.1. The second-order valence-electron chi connectivity index (χ2n) is 7.09. The minimum Gasteiger partial charge on any atom is -0.491 e. The SMILES string of the molecule is CC(C)(Oc1ccc(OC[C@@H](O)CF)cc1)c1cc(Cl)c(OC[C@@H](O)CCl)c(Cl)c1. The van der Waals surface area contributed by atoms with Crippen molar-refractivity contribution >= 4 is 34.8 Å². The van der Waals surface area contributed by atoms with Gasteiger partial charge in [-0.05, 0) is 55.8 Å². The fourth-order valence-corrected chi connectivity index (χ4v) is 3.15. The second kappa shape index (κ2) is 11.3. The maximum atomic E-state index is 12.3. The molecule has 166 valence electrons. The molecule has 9 heteroatoms. The molecule has 5 nitrogen and oxygen atoms in total. The number of halogens is 4. The molecule has 30 heavy (non-hydrogen) atoms. The monoisotopic (exact) mass is 480 g/mol. The zero-order chi connectivity index (χ0) is 22.3. The normalized spacial score (nSPS) is 13.6. The molecular formula is C21H24Cl3FO5. The number of benzene rings is 2. The van der Waals surface area contributed by atoms with Gasteiger partial charge in [-0.15, -0.1) is 11.6 Å². The van der Waals surface area contributed by atoms with E-state index in [1.54, 1.807) is 36.4 Å². The topological polar surface area (TPSA) is 68.2 Å². The van der Waals surface area contributed by atoms with Crippen molar-refractivity contribution in [2.75, 3.05) is 25.8 Å². The molecular weight excluding hydrogens is 458 g/mol. The van der Waals surface area contributed by atoms with E-state index in [0.717, 1.165) is 0 Å². The Hall–Kier alpha value is -1.44. The largest absolute Gasteiger partial charge is 0.491 e. The van der Waals surface area contributed by atoms with Crippen LogP contribution >= 0.6 is 34.8 Å². The van der Waals surface area contributed by atoms with E-state index in [1.165, 1.54) is 0 Å². The van der Waals surface area contributed by atoms with Crippen LogP contribution in [-0.4, -0.2) is 48.2 Å². The molecule has 2 N–H and O–H groups in total. The first kappa shape index (κ1) is 24.8. The summed E-state index contributed by atoms with van der Waals surface area (Å²) in [6.07, 6.45) is -1.98. The molecule has 0 aliphatic heterocycles. The third-order valence-corrected chi connectivity index (χ3v) is 5.03. The Bertz CT molecular complexity index is 794. The third kappa shape index (κ3) is 7.06. The number of alkyl halides is 2. The minimum atomic E-state index is -1.15. The highest BCUT2D eigenvalue weighted by atomic mass is 35.5. The Morgan fingerprint density at radius 1 is 0.933 bits per heavy atom. The summed E-state index contributed by atoms with van der Waals surface area (Å²) < 4.78 is 29.1. The second-order valence-corrected chi connectivity index (χ2v) is 8.21. The maximum absolute atomic E-state index is 12.3. The molecule has 0 unspecified atom stereocenters.